The Labute approximate surface area is 213 Å². The smallest absolute Gasteiger partial charge is 0.114 e. The van der Waals surface area contributed by atoms with Gasteiger partial charge in [-0.3, -0.25) is 8.78 Å². The summed E-state index contributed by atoms with van der Waals surface area (Å²) in [5.41, 5.74) is 3.76. The first-order valence-corrected chi connectivity index (χ1v) is 10.2. The second kappa shape index (κ2) is 12.2. The molecule has 5 rings (SSSR count). The molecular weight excluding hydrogens is 633 g/mol. The van der Waals surface area contributed by atoms with E-state index >= 15 is 0 Å². The zero-order valence-electron chi connectivity index (χ0n) is 18.0. The van der Waals surface area contributed by atoms with E-state index in [9.17, 15) is 17.6 Å². The van der Waals surface area contributed by atoms with Crippen LogP contribution >= 0.6 is 0 Å². The summed E-state index contributed by atoms with van der Waals surface area (Å²) in [5.74, 6) is -6.81. The van der Waals surface area contributed by atoms with E-state index in [-0.39, 0.29) is 25.8 Å². The first-order valence-electron chi connectivity index (χ1n) is 10.2. The van der Waals surface area contributed by atoms with Crippen LogP contribution in [0.4, 0.5) is 17.6 Å². The van der Waals surface area contributed by atoms with Gasteiger partial charge in [-0.05, 0) is 28.6 Å². The van der Waals surface area contributed by atoms with Crippen LogP contribution < -0.4 is 0 Å². The van der Waals surface area contributed by atoms with Crippen molar-refractivity contribution in [3.05, 3.63) is 133 Å². The molecule has 0 aliphatic carbocycles. The third kappa shape index (κ3) is 6.27. The minimum Gasteiger partial charge on any atom is -0.305 e. The fourth-order valence-corrected chi connectivity index (χ4v) is 3.12. The van der Waals surface area contributed by atoms with Gasteiger partial charge < -0.3 is 9.97 Å². The van der Waals surface area contributed by atoms with Crippen molar-refractivity contribution in [1.82, 2.24) is 9.97 Å². The Hall–Kier alpha value is -3.67. The summed E-state index contributed by atoms with van der Waals surface area (Å²) in [6.07, 6.45) is 3.23. The van der Waals surface area contributed by atoms with Gasteiger partial charge in [0.05, 0.1) is 11.6 Å². The monoisotopic (exact) mass is 649 g/mol. The van der Waals surface area contributed by atoms with Crippen molar-refractivity contribution in [3.63, 3.8) is 0 Å². The topological polar surface area (TPSA) is 25.8 Å². The van der Waals surface area contributed by atoms with Crippen LogP contribution in [-0.4, -0.2) is 9.97 Å². The van der Waals surface area contributed by atoms with Crippen molar-refractivity contribution in [2.45, 2.75) is 0 Å². The summed E-state index contributed by atoms with van der Waals surface area (Å²) in [6.45, 7) is 0. The minimum absolute atomic E-state index is 0. The van der Waals surface area contributed by atoms with Crippen molar-refractivity contribution >= 4 is 0 Å². The van der Waals surface area contributed by atoms with Crippen molar-refractivity contribution in [1.29, 1.82) is 0 Å². The molecule has 0 aliphatic rings. The Bertz CT molecular complexity index is 1310. The first-order chi connectivity index (χ1) is 16.5. The number of pyridine rings is 2. The van der Waals surface area contributed by atoms with Gasteiger partial charge in [0.25, 0.3) is 0 Å². The first kappa shape index (κ1) is 25.9. The van der Waals surface area contributed by atoms with Crippen molar-refractivity contribution in [3.8, 4) is 33.6 Å². The SMILES string of the molecule is Fc1[c-]c(-c2ccccn2)c(F)c(F)c1F.[Ir].[c-]1ccccc1-c1ccc(-c2ccccc2)cn1. The van der Waals surface area contributed by atoms with E-state index in [0.29, 0.717) is 0 Å². The summed E-state index contributed by atoms with van der Waals surface area (Å²) in [6, 6.07) is 31.6. The number of rotatable bonds is 3. The van der Waals surface area contributed by atoms with Crippen molar-refractivity contribution in [2.75, 3.05) is 0 Å². The number of benzene rings is 3. The van der Waals surface area contributed by atoms with Gasteiger partial charge >= 0.3 is 0 Å². The molecule has 7 heteroatoms. The van der Waals surface area contributed by atoms with Gasteiger partial charge in [0.2, 0.25) is 0 Å². The van der Waals surface area contributed by atoms with Gasteiger partial charge in [-0.1, -0.05) is 66.2 Å². The van der Waals surface area contributed by atoms with Crippen LogP contribution in [0.1, 0.15) is 0 Å². The van der Waals surface area contributed by atoms with E-state index < -0.39 is 28.8 Å². The summed E-state index contributed by atoms with van der Waals surface area (Å²) >= 11 is 0. The van der Waals surface area contributed by atoms with Crippen LogP contribution in [0.2, 0.25) is 0 Å². The molecule has 177 valence electrons. The number of hydrogen-bond donors (Lipinski definition) is 0. The molecule has 0 bridgehead atoms. The predicted octanol–water partition coefficient (Wildman–Crippen LogP) is 7.32. The van der Waals surface area contributed by atoms with Gasteiger partial charge in [-0.15, -0.1) is 35.9 Å². The average Bonchev–Trinajstić information content (AvgIpc) is 2.91. The van der Waals surface area contributed by atoms with E-state index in [1.165, 1.54) is 23.9 Å². The van der Waals surface area contributed by atoms with Crippen LogP contribution in [0.15, 0.2) is 97.3 Å². The fraction of sp³-hybridized carbons (Fsp3) is 0. The van der Waals surface area contributed by atoms with Crippen molar-refractivity contribution < 1.29 is 37.7 Å². The second-order valence-corrected chi connectivity index (χ2v) is 7.05. The maximum atomic E-state index is 13.3. The second-order valence-electron chi connectivity index (χ2n) is 7.05. The Morgan fingerprint density at radius 2 is 1.34 bits per heavy atom. The predicted molar refractivity (Wildman–Crippen MR) is 122 cm³/mol. The van der Waals surface area contributed by atoms with Crippen LogP contribution in [0.3, 0.4) is 0 Å². The number of hydrogen-bond acceptors (Lipinski definition) is 2. The molecular formula is C28H16F4IrN2-2. The third-order valence-electron chi connectivity index (χ3n) is 4.81. The molecule has 2 nitrogen and oxygen atoms in total. The summed E-state index contributed by atoms with van der Waals surface area (Å²) in [7, 11) is 0. The Morgan fingerprint density at radius 1 is 0.600 bits per heavy atom. The van der Waals surface area contributed by atoms with Gasteiger partial charge in [0.15, 0.2) is 0 Å². The molecule has 2 aromatic heterocycles. The van der Waals surface area contributed by atoms with Crippen LogP contribution in [0, 0.1) is 35.4 Å². The molecule has 0 saturated carbocycles. The van der Waals surface area contributed by atoms with Crippen LogP contribution in [-0.2, 0) is 20.1 Å². The van der Waals surface area contributed by atoms with Gasteiger partial charge in [0, 0.05) is 32.5 Å². The largest absolute Gasteiger partial charge is 0.305 e. The number of nitrogens with zero attached hydrogens (tertiary/aromatic N) is 2. The van der Waals surface area contributed by atoms with E-state index in [2.05, 4.69) is 34.2 Å². The normalized spacial score (nSPS) is 10.1. The number of halogens is 4. The Morgan fingerprint density at radius 3 is 1.97 bits per heavy atom. The molecule has 0 spiro atoms. The van der Waals surface area contributed by atoms with E-state index in [0.717, 1.165) is 16.8 Å². The quantitative estimate of drug-likeness (QED) is 0.0888. The zero-order chi connectivity index (χ0) is 23.9. The Balaban J connectivity index is 0.000000192. The molecule has 0 saturated heterocycles. The summed E-state index contributed by atoms with van der Waals surface area (Å²) < 4.78 is 51.7. The molecule has 35 heavy (non-hydrogen) atoms. The summed E-state index contributed by atoms with van der Waals surface area (Å²) in [5, 5.41) is 0. The maximum Gasteiger partial charge on any atom is 0.114 e. The van der Waals surface area contributed by atoms with E-state index in [1.807, 2.05) is 54.7 Å². The van der Waals surface area contributed by atoms with Crippen LogP contribution in [0.5, 0.6) is 0 Å². The molecule has 0 amide bonds. The maximum absolute atomic E-state index is 13.3. The minimum atomic E-state index is -1.88. The average molecular weight is 649 g/mol. The molecule has 0 aliphatic heterocycles. The molecule has 3 aromatic carbocycles. The van der Waals surface area contributed by atoms with Gasteiger partial charge in [-0.25, -0.2) is 8.78 Å². The van der Waals surface area contributed by atoms with Gasteiger partial charge in [0.1, 0.15) is 11.6 Å². The molecule has 0 unspecified atom stereocenters. The fourth-order valence-electron chi connectivity index (χ4n) is 3.12. The van der Waals surface area contributed by atoms with Crippen LogP contribution in [0.25, 0.3) is 33.6 Å². The third-order valence-corrected chi connectivity index (χ3v) is 4.81. The molecule has 5 aromatic rings. The molecule has 0 N–H and O–H groups in total. The van der Waals surface area contributed by atoms with E-state index in [4.69, 9.17) is 0 Å². The summed E-state index contributed by atoms with van der Waals surface area (Å²) in [4.78, 5) is 8.19. The van der Waals surface area contributed by atoms with Crippen molar-refractivity contribution in [2.24, 2.45) is 0 Å². The van der Waals surface area contributed by atoms with Gasteiger partial charge in [-0.2, -0.15) is 0 Å². The van der Waals surface area contributed by atoms with E-state index in [1.54, 1.807) is 12.1 Å². The zero-order valence-corrected chi connectivity index (χ0v) is 20.4. The Kier molecular flexibility index (Phi) is 9.01. The number of aromatic nitrogens is 2. The molecule has 1 radical (unpaired) electrons. The molecule has 0 fully saturated rings. The molecule has 0 atom stereocenters. The molecule has 2 heterocycles. The standard InChI is InChI=1S/C17H12N.C11H4F4N.Ir/c1-3-7-14(8-4-1)16-11-12-17(18-13-16)15-9-5-2-6-10-15;12-7-5-6(8-3-1-2-4-16-8)9(13)11(15)10(7)14;/h1-9,11-13H;1-4H;/q2*-1;.